The molecule has 0 radical (unpaired) electrons. The van der Waals surface area contributed by atoms with Crippen molar-refractivity contribution in [3.05, 3.63) is 52.8 Å². The minimum absolute atomic E-state index is 0.113. The second-order valence-electron chi connectivity index (χ2n) is 5.98. The highest BCUT2D eigenvalue weighted by Crippen LogP contribution is 2.28. The van der Waals surface area contributed by atoms with Gasteiger partial charge in [-0.2, -0.15) is 0 Å². The normalized spacial score (nSPS) is 10.5. The minimum Gasteiger partial charge on any atom is -0.497 e. The van der Waals surface area contributed by atoms with Crippen LogP contribution in [0.25, 0.3) is 0 Å². The Morgan fingerprint density at radius 2 is 1.88 bits per heavy atom. The first-order chi connectivity index (χ1) is 12.3. The van der Waals surface area contributed by atoms with Crippen LogP contribution in [0, 0.1) is 11.7 Å². The van der Waals surface area contributed by atoms with E-state index in [0.29, 0.717) is 17.1 Å². The summed E-state index contributed by atoms with van der Waals surface area (Å²) < 4.78 is 19.0. The van der Waals surface area contributed by atoms with Gasteiger partial charge in [-0.15, -0.1) is 0 Å². The molecule has 2 rings (SSSR count). The number of hydrogen-bond acceptors (Lipinski definition) is 3. The lowest BCUT2D eigenvalue weighted by atomic mass is 10.1. The molecule has 7 heteroatoms. The van der Waals surface area contributed by atoms with E-state index in [1.807, 2.05) is 0 Å². The molecule has 2 amide bonds. The molecule has 0 saturated carbocycles. The molecule has 0 aliphatic rings. The molecule has 0 aromatic heterocycles. The summed E-state index contributed by atoms with van der Waals surface area (Å²) in [7, 11) is 1.49. The van der Waals surface area contributed by atoms with Gasteiger partial charge in [0, 0.05) is 22.6 Å². The highest BCUT2D eigenvalue weighted by atomic mass is 35.5. The summed E-state index contributed by atoms with van der Waals surface area (Å²) in [4.78, 5) is 24.3. The number of carbonyl (C=O) groups is 2. The molecular weight excluding hydrogens is 359 g/mol. The lowest BCUT2D eigenvalue weighted by Crippen LogP contribution is -2.21. The van der Waals surface area contributed by atoms with Crippen molar-refractivity contribution in [3.8, 4) is 5.75 Å². The smallest absolute Gasteiger partial charge is 0.229 e. The van der Waals surface area contributed by atoms with E-state index in [9.17, 15) is 14.0 Å². The van der Waals surface area contributed by atoms with Crippen molar-refractivity contribution in [2.75, 3.05) is 17.7 Å². The van der Waals surface area contributed by atoms with Gasteiger partial charge in [-0.1, -0.05) is 31.5 Å². The van der Waals surface area contributed by atoms with Crippen LogP contribution in [0.1, 0.15) is 19.4 Å². The van der Waals surface area contributed by atoms with E-state index < -0.39 is 11.7 Å². The molecule has 0 fully saturated rings. The van der Waals surface area contributed by atoms with Crippen LogP contribution in [0.4, 0.5) is 15.8 Å². The maximum atomic E-state index is 13.9. The fraction of sp³-hybridized carbons (Fsp3) is 0.263. The van der Waals surface area contributed by atoms with Crippen LogP contribution < -0.4 is 15.4 Å². The number of halogens is 2. The van der Waals surface area contributed by atoms with Crippen LogP contribution >= 0.6 is 11.6 Å². The third-order valence-corrected chi connectivity index (χ3v) is 4.04. The molecule has 138 valence electrons. The quantitative estimate of drug-likeness (QED) is 0.789. The molecule has 0 aliphatic heterocycles. The molecule has 2 aromatic rings. The van der Waals surface area contributed by atoms with Gasteiger partial charge in [-0.3, -0.25) is 9.59 Å². The van der Waals surface area contributed by atoms with Crippen molar-refractivity contribution in [2.45, 2.75) is 20.3 Å². The summed E-state index contributed by atoms with van der Waals surface area (Å²) in [5, 5.41) is 5.60. The monoisotopic (exact) mass is 378 g/mol. The van der Waals surface area contributed by atoms with Crippen LogP contribution in [0.5, 0.6) is 5.75 Å². The zero-order valence-corrected chi connectivity index (χ0v) is 15.5. The number of benzene rings is 2. The summed E-state index contributed by atoms with van der Waals surface area (Å²) >= 11 is 5.96. The molecular formula is C19H20ClFN2O3. The molecule has 0 aliphatic carbocycles. The number of rotatable bonds is 6. The zero-order valence-electron chi connectivity index (χ0n) is 14.7. The van der Waals surface area contributed by atoms with Gasteiger partial charge in [0.25, 0.3) is 0 Å². The van der Waals surface area contributed by atoms with Crippen LogP contribution in [-0.4, -0.2) is 18.9 Å². The van der Waals surface area contributed by atoms with E-state index in [1.54, 1.807) is 32.0 Å². The first kappa shape index (κ1) is 19.7. The molecule has 2 aromatic carbocycles. The van der Waals surface area contributed by atoms with Gasteiger partial charge in [-0.05, 0) is 24.3 Å². The fourth-order valence-corrected chi connectivity index (χ4v) is 2.43. The number of ether oxygens (including phenoxy) is 1. The van der Waals surface area contributed by atoms with E-state index in [-0.39, 0.29) is 28.8 Å². The molecule has 0 heterocycles. The molecule has 0 saturated heterocycles. The average Bonchev–Trinajstić information content (AvgIpc) is 2.59. The van der Waals surface area contributed by atoms with Gasteiger partial charge in [-0.25, -0.2) is 4.39 Å². The van der Waals surface area contributed by atoms with Crippen molar-refractivity contribution in [2.24, 2.45) is 5.92 Å². The number of amides is 2. The molecule has 2 N–H and O–H groups in total. The SMILES string of the molecule is COc1ccc(NC(=O)C(C)C)c(NC(=O)Cc2c(F)cccc2Cl)c1. The number of hydrogen-bond donors (Lipinski definition) is 2. The first-order valence-electron chi connectivity index (χ1n) is 8.03. The van der Waals surface area contributed by atoms with Gasteiger partial charge in [0.2, 0.25) is 11.8 Å². The third kappa shape index (κ3) is 4.95. The average molecular weight is 379 g/mol. The van der Waals surface area contributed by atoms with Gasteiger partial charge in [0.05, 0.1) is 24.9 Å². The first-order valence-corrected chi connectivity index (χ1v) is 8.41. The largest absolute Gasteiger partial charge is 0.497 e. The maximum Gasteiger partial charge on any atom is 0.229 e. The Morgan fingerprint density at radius 1 is 1.15 bits per heavy atom. The Hall–Kier alpha value is -2.60. The predicted octanol–water partition coefficient (Wildman–Crippen LogP) is 4.26. The van der Waals surface area contributed by atoms with Crippen LogP contribution in [-0.2, 0) is 16.0 Å². The summed E-state index contributed by atoms with van der Waals surface area (Å²) in [6.07, 6.45) is -0.236. The van der Waals surface area contributed by atoms with Gasteiger partial charge in [0.1, 0.15) is 11.6 Å². The van der Waals surface area contributed by atoms with Crippen LogP contribution in [0.15, 0.2) is 36.4 Å². The Kier molecular flexibility index (Phi) is 6.58. The number of methoxy groups -OCH3 is 1. The predicted molar refractivity (Wildman–Crippen MR) is 100 cm³/mol. The van der Waals surface area contributed by atoms with Crippen molar-refractivity contribution in [1.82, 2.24) is 0 Å². The van der Waals surface area contributed by atoms with E-state index in [2.05, 4.69) is 10.6 Å². The molecule has 5 nitrogen and oxygen atoms in total. The summed E-state index contributed by atoms with van der Waals surface area (Å²) in [6, 6.07) is 9.11. The standard InChI is InChI=1S/C19H20ClFN2O3/c1-11(2)19(25)23-16-8-7-12(26-3)9-17(16)22-18(24)10-13-14(20)5-4-6-15(13)21/h4-9,11H,10H2,1-3H3,(H,22,24)(H,23,25). The molecule has 0 atom stereocenters. The molecule has 0 bridgehead atoms. The Bertz CT molecular complexity index is 804. The van der Waals surface area contributed by atoms with E-state index in [4.69, 9.17) is 16.3 Å². The molecule has 0 unspecified atom stereocenters. The van der Waals surface area contributed by atoms with E-state index in [1.165, 1.54) is 25.3 Å². The van der Waals surface area contributed by atoms with Crippen molar-refractivity contribution in [3.63, 3.8) is 0 Å². The summed E-state index contributed by atoms with van der Waals surface area (Å²) in [6.45, 7) is 3.52. The topological polar surface area (TPSA) is 67.4 Å². The van der Waals surface area contributed by atoms with Crippen LogP contribution in [0.3, 0.4) is 0 Å². The maximum absolute atomic E-state index is 13.9. The lowest BCUT2D eigenvalue weighted by molar-refractivity contribution is -0.119. The van der Waals surface area contributed by atoms with Crippen molar-refractivity contribution < 1.29 is 18.7 Å². The second-order valence-corrected chi connectivity index (χ2v) is 6.39. The van der Waals surface area contributed by atoms with E-state index >= 15 is 0 Å². The Morgan fingerprint density at radius 3 is 2.50 bits per heavy atom. The highest BCUT2D eigenvalue weighted by Gasteiger charge is 2.16. The molecule has 26 heavy (non-hydrogen) atoms. The fourth-order valence-electron chi connectivity index (χ4n) is 2.20. The highest BCUT2D eigenvalue weighted by molar-refractivity contribution is 6.31. The van der Waals surface area contributed by atoms with Gasteiger partial charge in [0.15, 0.2) is 0 Å². The third-order valence-electron chi connectivity index (χ3n) is 3.68. The zero-order chi connectivity index (χ0) is 19.3. The lowest BCUT2D eigenvalue weighted by Gasteiger charge is -2.15. The molecule has 0 spiro atoms. The Labute approximate surface area is 156 Å². The van der Waals surface area contributed by atoms with Crippen LogP contribution in [0.2, 0.25) is 5.02 Å². The Balaban J connectivity index is 2.23. The van der Waals surface area contributed by atoms with Gasteiger partial charge >= 0.3 is 0 Å². The van der Waals surface area contributed by atoms with Crippen molar-refractivity contribution in [1.29, 1.82) is 0 Å². The summed E-state index contributed by atoms with van der Waals surface area (Å²) in [5.41, 5.74) is 0.899. The van der Waals surface area contributed by atoms with Gasteiger partial charge < -0.3 is 15.4 Å². The number of nitrogens with one attached hydrogen (secondary N) is 2. The van der Waals surface area contributed by atoms with Crippen molar-refractivity contribution >= 4 is 34.8 Å². The number of anilines is 2. The van der Waals surface area contributed by atoms with E-state index in [0.717, 1.165) is 0 Å². The minimum atomic E-state index is -0.549. The number of carbonyl (C=O) groups excluding carboxylic acids is 2. The summed E-state index contributed by atoms with van der Waals surface area (Å²) in [5.74, 6) is -0.926. The second kappa shape index (κ2) is 8.67.